The molecule has 0 fully saturated rings. The molecule has 3 heteroatoms. The summed E-state index contributed by atoms with van der Waals surface area (Å²) in [7, 11) is 0. The maximum atomic E-state index is 3.67. The van der Waals surface area contributed by atoms with Crippen LogP contribution < -0.4 is 0 Å². The van der Waals surface area contributed by atoms with Crippen LogP contribution in [0.1, 0.15) is 20.8 Å². The second kappa shape index (κ2) is 6.64. The summed E-state index contributed by atoms with van der Waals surface area (Å²) in [6.07, 6.45) is 5.08. The molecule has 0 amide bonds. The number of aromatic nitrogens is 2. The first kappa shape index (κ1) is 10.9. The Morgan fingerprint density at radius 2 is 1.91 bits per heavy atom. The maximum Gasteiger partial charge on any atom is 0.0919 e. The number of alkyl halides is 1. The smallest absolute Gasteiger partial charge is 0.0919 e. The molecule has 1 unspecified atom stereocenters. The minimum atomic E-state index is 0.822. The van der Waals surface area contributed by atoms with Crippen molar-refractivity contribution in [2.24, 2.45) is 5.92 Å². The molecule has 0 aliphatic rings. The number of nitrogens with zero attached hydrogens (tertiary/aromatic N) is 1. The van der Waals surface area contributed by atoms with E-state index >= 15 is 0 Å². The van der Waals surface area contributed by atoms with Gasteiger partial charge in [-0.25, -0.2) is 4.98 Å². The maximum absolute atomic E-state index is 3.67. The SMILES string of the molecule is CC(C)C(C)I.c1c[nH]cn1. The number of H-pyrrole nitrogens is 1. The van der Waals surface area contributed by atoms with E-state index in [1.165, 1.54) is 0 Å². The van der Waals surface area contributed by atoms with Crippen molar-refractivity contribution in [3.8, 4) is 0 Å². The Balaban J connectivity index is 0.000000183. The van der Waals surface area contributed by atoms with Crippen molar-refractivity contribution in [2.45, 2.75) is 24.7 Å². The summed E-state index contributed by atoms with van der Waals surface area (Å²) >= 11 is 2.43. The van der Waals surface area contributed by atoms with Gasteiger partial charge in [-0.15, -0.1) is 0 Å². The molecule has 0 radical (unpaired) electrons. The number of rotatable bonds is 1. The lowest BCUT2D eigenvalue weighted by atomic mass is 10.2. The van der Waals surface area contributed by atoms with Gasteiger partial charge in [0.25, 0.3) is 0 Å². The first-order valence-corrected chi connectivity index (χ1v) is 4.96. The molecule has 0 bridgehead atoms. The number of nitrogens with one attached hydrogen (secondary N) is 1. The Morgan fingerprint density at radius 3 is 2.00 bits per heavy atom. The third kappa shape index (κ3) is 7.84. The van der Waals surface area contributed by atoms with Gasteiger partial charge in [-0.3, -0.25) is 0 Å². The molecule has 1 aromatic rings. The Bertz CT molecular complexity index is 124. The molecule has 0 aliphatic heterocycles. The summed E-state index contributed by atoms with van der Waals surface area (Å²) in [4.78, 5) is 6.42. The minimum absolute atomic E-state index is 0.822. The van der Waals surface area contributed by atoms with Crippen LogP contribution >= 0.6 is 22.6 Å². The van der Waals surface area contributed by atoms with Gasteiger partial charge in [0.2, 0.25) is 0 Å². The zero-order valence-electron chi connectivity index (χ0n) is 7.21. The normalized spacial score (nSPS) is 12.1. The standard InChI is InChI=1S/C5H11I.C3H4N2/c1-4(2)5(3)6;1-2-5-3-4-1/h4-5H,1-3H3;1-3H,(H,4,5). The Hall–Kier alpha value is -0.0600. The lowest BCUT2D eigenvalue weighted by molar-refractivity contribution is 0.661. The minimum Gasteiger partial charge on any atom is -0.351 e. The van der Waals surface area contributed by atoms with Crippen LogP contribution in [0.4, 0.5) is 0 Å². The molecule has 1 rings (SSSR count). The van der Waals surface area contributed by atoms with Crippen molar-refractivity contribution in [3.63, 3.8) is 0 Å². The fraction of sp³-hybridized carbons (Fsp3) is 0.625. The molecule has 2 nitrogen and oxygen atoms in total. The van der Waals surface area contributed by atoms with Gasteiger partial charge in [0, 0.05) is 16.3 Å². The number of aromatic amines is 1. The fourth-order valence-corrected chi connectivity index (χ4v) is 0.215. The molecule has 0 spiro atoms. The molecule has 0 aromatic carbocycles. The molecular weight excluding hydrogens is 251 g/mol. The van der Waals surface area contributed by atoms with E-state index in [4.69, 9.17) is 0 Å². The molecule has 1 aromatic heterocycles. The van der Waals surface area contributed by atoms with Gasteiger partial charge in [0.05, 0.1) is 6.33 Å². The van der Waals surface area contributed by atoms with Gasteiger partial charge in [0.1, 0.15) is 0 Å². The third-order valence-corrected chi connectivity index (χ3v) is 2.76. The molecule has 64 valence electrons. The fourth-order valence-electron chi connectivity index (χ4n) is 0.215. The van der Waals surface area contributed by atoms with Crippen LogP contribution in [-0.2, 0) is 0 Å². The second-order valence-electron chi connectivity index (χ2n) is 2.68. The zero-order chi connectivity index (χ0) is 8.69. The predicted molar refractivity (Wildman–Crippen MR) is 56.9 cm³/mol. The molecule has 0 saturated carbocycles. The van der Waals surface area contributed by atoms with E-state index in [0.29, 0.717) is 0 Å². The van der Waals surface area contributed by atoms with Gasteiger partial charge < -0.3 is 4.98 Å². The highest BCUT2D eigenvalue weighted by Gasteiger charge is 1.97. The second-order valence-corrected chi connectivity index (χ2v) is 4.65. The summed E-state index contributed by atoms with van der Waals surface area (Å²) in [5, 5.41) is 0. The van der Waals surface area contributed by atoms with Gasteiger partial charge in [-0.05, 0) is 5.92 Å². The summed E-state index contributed by atoms with van der Waals surface area (Å²) in [6.45, 7) is 6.69. The first-order valence-electron chi connectivity index (χ1n) is 3.71. The van der Waals surface area contributed by atoms with Crippen LogP contribution in [0.15, 0.2) is 18.7 Å². The average molecular weight is 266 g/mol. The summed E-state index contributed by atoms with van der Waals surface area (Å²) in [6, 6.07) is 0. The zero-order valence-corrected chi connectivity index (χ0v) is 9.37. The Labute approximate surface area is 82.0 Å². The van der Waals surface area contributed by atoms with Crippen molar-refractivity contribution in [1.29, 1.82) is 0 Å². The van der Waals surface area contributed by atoms with Crippen LogP contribution in [0.3, 0.4) is 0 Å². The topological polar surface area (TPSA) is 28.7 Å². The summed E-state index contributed by atoms with van der Waals surface area (Å²) < 4.78 is 0.822. The summed E-state index contributed by atoms with van der Waals surface area (Å²) in [5.74, 6) is 0.839. The quantitative estimate of drug-likeness (QED) is 0.614. The van der Waals surface area contributed by atoms with Crippen LogP contribution in [-0.4, -0.2) is 13.9 Å². The van der Waals surface area contributed by atoms with E-state index in [2.05, 4.69) is 53.3 Å². The van der Waals surface area contributed by atoms with Crippen LogP contribution in [0.2, 0.25) is 0 Å². The average Bonchev–Trinajstić information content (AvgIpc) is 2.41. The van der Waals surface area contributed by atoms with Gasteiger partial charge in [-0.1, -0.05) is 43.4 Å². The van der Waals surface area contributed by atoms with Crippen molar-refractivity contribution in [3.05, 3.63) is 18.7 Å². The van der Waals surface area contributed by atoms with Crippen LogP contribution in [0.25, 0.3) is 0 Å². The number of hydrogen-bond acceptors (Lipinski definition) is 1. The van der Waals surface area contributed by atoms with E-state index in [9.17, 15) is 0 Å². The van der Waals surface area contributed by atoms with Crippen molar-refractivity contribution < 1.29 is 0 Å². The van der Waals surface area contributed by atoms with E-state index in [1.807, 2.05) is 0 Å². The van der Waals surface area contributed by atoms with Crippen molar-refractivity contribution >= 4 is 22.6 Å². The molecule has 1 N–H and O–H groups in total. The van der Waals surface area contributed by atoms with Crippen molar-refractivity contribution in [1.82, 2.24) is 9.97 Å². The molecule has 1 heterocycles. The third-order valence-electron chi connectivity index (χ3n) is 1.32. The highest BCUT2D eigenvalue weighted by Crippen LogP contribution is 2.09. The van der Waals surface area contributed by atoms with E-state index in [0.717, 1.165) is 9.84 Å². The highest BCUT2D eigenvalue weighted by atomic mass is 127. The van der Waals surface area contributed by atoms with Gasteiger partial charge in [0.15, 0.2) is 0 Å². The monoisotopic (exact) mass is 266 g/mol. The summed E-state index contributed by atoms with van der Waals surface area (Å²) in [5.41, 5.74) is 0. The predicted octanol–water partition coefficient (Wildman–Crippen LogP) is 2.88. The van der Waals surface area contributed by atoms with Crippen molar-refractivity contribution in [2.75, 3.05) is 0 Å². The van der Waals surface area contributed by atoms with Crippen LogP contribution in [0.5, 0.6) is 0 Å². The molecule has 0 saturated heterocycles. The molecule has 11 heavy (non-hydrogen) atoms. The lowest BCUT2D eigenvalue weighted by Gasteiger charge is -2.03. The van der Waals surface area contributed by atoms with E-state index < -0.39 is 0 Å². The molecule has 1 atom stereocenters. The number of imidazole rings is 1. The highest BCUT2D eigenvalue weighted by molar-refractivity contribution is 14.1. The number of halogens is 1. The van der Waals surface area contributed by atoms with E-state index in [-0.39, 0.29) is 0 Å². The first-order chi connectivity index (χ1) is 5.14. The molecular formula is C8H15IN2. The largest absolute Gasteiger partial charge is 0.351 e. The number of hydrogen-bond donors (Lipinski definition) is 1. The van der Waals surface area contributed by atoms with Gasteiger partial charge >= 0.3 is 0 Å². The Morgan fingerprint density at radius 1 is 1.36 bits per heavy atom. The van der Waals surface area contributed by atoms with E-state index in [1.54, 1.807) is 18.7 Å². The van der Waals surface area contributed by atoms with Gasteiger partial charge in [-0.2, -0.15) is 0 Å². The van der Waals surface area contributed by atoms with Crippen LogP contribution in [0, 0.1) is 5.92 Å². The Kier molecular flexibility index (Phi) is 6.60. The molecule has 0 aliphatic carbocycles. The lowest BCUT2D eigenvalue weighted by Crippen LogP contribution is -1.98.